The summed E-state index contributed by atoms with van der Waals surface area (Å²) in [6, 6.07) is 2.68. The van der Waals surface area contributed by atoms with Crippen molar-refractivity contribution in [3.8, 4) is 0 Å². The molecule has 1 aliphatic rings. The number of hydrogen-bond donors (Lipinski definition) is 1. The molecule has 0 spiro atoms. The monoisotopic (exact) mass is 268 g/mol. The highest BCUT2D eigenvalue weighted by atomic mass is 19.1. The van der Waals surface area contributed by atoms with Gasteiger partial charge in [-0.3, -0.25) is 0 Å². The fourth-order valence-corrected chi connectivity index (χ4v) is 3.14. The smallest absolute Gasteiger partial charge is 0.135 e. The van der Waals surface area contributed by atoms with Gasteiger partial charge in [0.05, 0.1) is 11.2 Å². The molecule has 1 N–H and O–H groups in total. The van der Waals surface area contributed by atoms with Gasteiger partial charge in [0, 0.05) is 0 Å². The highest BCUT2D eigenvalue weighted by Gasteiger charge is 2.37. The molecule has 2 atom stereocenters. The normalized spacial score (nSPS) is 28.2. The molecule has 2 rings (SSSR count). The Balaban J connectivity index is 2.37. The van der Waals surface area contributed by atoms with Crippen LogP contribution in [0.1, 0.15) is 56.6 Å². The van der Waals surface area contributed by atoms with Gasteiger partial charge in [0.1, 0.15) is 11.6 Å². The first kappa shape index (κ1) is 14.4. The zero-order valence-corrected chi connectivity index (χ0v) is 11.7. The lowest BCUT2D eigenvalue weighted by atomic mass is 9.84. The second-order valence-corrected chi connectivity index (χ2v) is 5.79. The Kier molecular flexibility index (Phi) is 4.24. The van der Waals surface area contributed by atoms with Crippen molar-refractivity contribution in [3.63, 3.8) is 0 Å². The van der Waals surface area contributed by atoms with Crippen LogP contribution >= 0.6 is 0 Å². The number of aliphatic hydroxyl groups is 1. The van der Waals surface area contributed by atoms with E-state index in [4.69, 9.17) is 0 Å². The van der Waals surface area contributed by atoms with Crippen molar-refractivity contribution in [1.29, 1.82) is 0 Å². The molecule has 2 unspecified atom stereocenters. The summed E-state index contributed by atoms with van der Waals surface area (Å²) in [7, 11) is 0. The van der Waals surface area contributed by atoms with Crippen LogP contribution in [0.15, 0.2) is 12.1 Å². The second-order valence-electron chi connectivity index (χ2n) is 5.79. The zero-order valence-electron chi connectivity index (χ0n) is 11.7. The summed E-state index contributed by atoms with van der Waals surface area (Å²) in [5.74, 6) is -0.650. The SMILES string of the molecule is CCC1CCCC(O)(c2c(F)ccc(C)c2F)CC1. The zero-order chi connectivity index (χ0) is 14.0. The van der Waals surface area contributed by atoms with Gasteiger partial charge in [-0.25, -0.2) is 8.78 Å². The molecular weight excluding hydrogens is 246 g/mol. The first-order chi connectivity index (χ1) is 8.98. The number of aryl methyl sites for hydroxylation is 1. The molecule has 1 aromatic rings. The molecule has 3 heteroatoms. The van der Waals surface area contributed by atoms with E-state index in [1.54, 1.807) is 6.92 Å². The Morgan fingerprint density at radius 2 is 2.00 bits per heavy atom. The van der Waals surface area contributed by atoms with E-state index in [0.29, 0.717) is 24.3 Å². The van der Waals surface area contributed by atoms with E-state index in [2.05, 4.69) is 6.92 Å². The largest absolute Gasteiger partial charge is 0.385 e. The third-order valence-electron chi connectivity index (χ3n) is 4.50. The molecule has 0 bridgehead atoms. The fraction of sp³-hybridized carbons (Fsp3) is 0.625. The summed E-state index contributed by atoms with van der Waals surface area (Å²) in [5.41, 5.74) is -1.07. The molecule has 1 nitrogen and oxygen atoms in total. The molecule has 0 heterocycles. The number of hydrogen-bond acceptors (Lipinski definition) is 1. The summed E-state index contributed by atoms with van der Waals surface area (Å²) in [5, 5.41) is 10.7. The van der Waals surface area contributed by atoms with Crippen molar-refractivity contribution >= 4 is 0 Å². The Hall–Kier alpha value is -0.960. The number of benzene rings is 1. The van der Waals surface area contributed by atoms with Crippen molar-refractivity contribution in [2.24, 2.45) is 5.92 Å². The summed E-state index contributed by atoms with van der Waals surface area (Å²) >= 11 is 0. The minimum atomic E-state index is -1.34. The molecule has 1 aliphatic carbocycles. The standard InChI is InChI=1S/C16H22F2O/c1-3-12-5-4-9-16(19,10-8-12)14-13(17)7-6-11(2)15(14)18/h6-7,12,19H,3-5,8-10H2,1-2H3. The van der Waals surface area contributed by atoms with Crippen LogP contribution in [0, 0.1) is 24.5 Å². The van der Waals surface area contributed by atoms with Gasteiger partial charge in [-0.1, -0.05) is 25.8 Å². The van der Waals surface area contributed by atoms with Crippen LogP contribution in [-0.2, 0) is 5.60 Å². The highest BCUT2D eigenvalue weighted by Crippen LogP contribution is 2.41. The summed E-state index contributed by atoms with van der Waals surface area (Å²) in [4.78, 5) is 0. The van der Waals surface area contributed by atoms with Crippen molar-refractivity contribution in [2.45, 2.75) is 58.0 Å². The first-order valence-electron chi connectivity index (χ1n) is 7.15. The third kappa shape index (κ3) is 2.81. The van der Waals surface area contributed by atoms with Gasteiger partial charge in [-0.05, 0) is 50.2 Å². The Labute approximate surface area is 113 Å². The lowest BCUT2D eigenvalue weighted by Crippen LogP contribution is -2.28. The van der Waals surface area contributed by atoms with E-state index in [1.165, 1.54) is 12.1 Å². The molecule has 19 heavy (non-hydrogen) atoms. The molecule has 0 aromatic heterocycles. The Morgan fingerprint density at radius 3 is 2.68 bits per heavy atom. The molecule has 1 fully saturated rings. The van der Waals surface area contributed by atoms with Gasteiger partial charge >= 0.3 is 0 Å². The van der Waals surface area contributed by atoms with Gasteiger partial charge in [0.15, 0.2) is 0 Å². The summed E-state index contributed by atoms with van der Waals surface area (Å²) in [6.45, 7) is 3.73. The maximum Gasteiger partial charge on any atom is 0.135 e. The third-order valence-corrected chi connectivity index (χ3v) is 4.50. The summed E-state index contributed by atoms with van der Waals surface area (Å²) in [6.07, 6.45) is 4.65. The van der Waals surface area contributed by atoms with E-state index in [-0.39, 0.29) is 5.56 Å². The summed E-state index contributed by atoms with van der Waals surface area (Å²) < 4.78 is 28.2. The molecule has 106 valence electrons. The Bertz CT molecular complexity index is 458. The molecule has 1 aromatic carbocycles. The molecule has 0 saturated heterocycles. The molecule has 0 amide bonds. The van der Waals surface area contributed by atoms with Crippen LogP contribution in [0.5, 0.6) is 0 Å². The molecule has 0 radical (unpaired) electrons. The van der Waals surface area contributed by atoms with Crippen LogP contribution in [0.2, 0.25) is 0 Å². The average molecular weight is 268 g/mol. The van der Waals surface area contributed by atoms with Gasteiger partial charge in [-0.15, -0.1) is 0 Å². The topological polar surface area (TPSA) is 20.2 Å². The van der Waals surface area contributed by atoms with E-state index in [0.717, 1.165) is 25.7 Å². The molecule has 1 saturated carbocycles. The van der Waals surface area contributed by atoms with E-state index in [9.17, 15) is 13.9 Å². The van der Waals surface area contributed by atoms with Crippen LogP contribution in [0.25, 0.3) is 0 Å². The maximum absolute atomic E-state index is 14.2. The first-order valence-corrected chi connectivity index (χ1v) is 7.15. The Morgan fingerprint density at radius 1 is 1.26 bits per heavy atom. The average Bonchev–Trinajstić information content (AvgIpc) is 2.57. The second kappa shape index (κ2) is 5.58. The number of halogens is 2. The minimum absolute atomic E-state index is 0.121. The van der Waals surface area contributed by atoms with Crippen molar-refractivity contribution in [2.75, 3.05) is 0 Å². The molecular formula is C16H22F2O. The van der Waals surface area contributed by atoms with Gasteiger partial charge in [-0.2, -0.15) is 0 Å². The van der Waals surface area contributed by atoms with Gasteiger partial charge in [0.2, 0.25) is 0 Å². The van der Waals surface area contributed by atoms with Crippen molar-refractivity contribution in [3.05, 3.63) is 34.9 Å². The highest BCUT2D eigenvalue weighted by molar-refractivity contribution is 5.31. The predicted octanol–water partition coefficient (Wildman–Crippen LogP) is 4.45. The lowest BCUT2D eigenvalue weighted by Gasteiger charge is -2.28. The van der Waals surface area contributed by atoms with Crippen LogP contribution in [-0.4, -0.2) is 5.11 Å². The quantitative estimate of drug-likeness (QED) is 0.786. The van der Waals surface area contributed by atoms with Crippen molar-refractivity contribution in [1.82, 2.24) is 0 Å². The minimum Gasteiger partial charge on any atom is -0.385 e. The van der Waals surface area contributed by atoms with Crippen molar-refractivity contribution < 1.29 is 13.9 Å². The lowest BCUT2D eigenvalue weighted by molar-refractivity contribution is 0.0125. The fourth-order valence-electron chi connectivity index (χ4n) is 3.14. The van der Waals surface area contributed by atoms with E-state index in [1.807, 2.05) is 0 Å². The van der Waals surface area contributed by atoms with Crippen LogP contribution in [0.4, 0.5) is 8.78 Å². The van der Waals surface area contributed by atoms with E-state index < -0.39 is 17.2 Å². The predicted molar refractivity (Wildman–Crippen MR) is 71.9 cm³/mol. The molecule has 0 aliphatic heterocycles. The van der Waals surface area contributed by atoms with Gasteiger partial charge < -0.3 is 5.11 Å². The van der Waals surface area contributed by atoms with E-state index >= 15 is 0 Å². The van der Waals surface area contributed by atoms with Crippen LogP contribution < -0.4 is 0 Å². The maximum atomic E-state index is 14.2. The van der Waals surface area contributed by atoms with Crippen LogP contribution in [0.3, 0.4) is 0 Å². The number of rotatable bonds is 2. The van der Waals surface area contributed by atoms with Gasteiger partial charge in [0.25, 0.3) is 0 Å².